The number of aryl methyl sites for hydroxylation is 3. The second-order valence-corrected chi connectivity index (χ2v) is 4.52. The highest BCUT2D eigenvalue weighted by Crippen LogP contribution is 2.32. The summed E-state index contributed by atoms with van der Waals surface area (Å²) in [5.41, 5.74) is 5.02. The van der Waals surface area contributed by atoms with E-state index < -0.39 is 0 Å². The van der Waals surface area contributed by atoms with Crippen LogP contribution in [0, 0.1) is 20.8 Å². The molecular weight excluding hydrogens is 240 g/mol. The number of ether oxygens (including phenoxy) is 2. The van der Waals surface area contributed by atoms with Crippen LogP contribution in [0.15, 0.2) is 18.2 Å². The lowest BCUT2D eigenvalue weighted by molar-refractivity contribution is 0.379. The molecule has 0 saturated carbocycles. The van der Waals surface area contributed by atoms with Gasteiger partial charge in [0.25, 0.3) is 0 Å². The lowest BCUT2D eigenvalue weighted by Gasteiger charge is -2.12. The Bertz CT molecular complexity index is 609. The van der Waals surface area contributed by atoms with Crippen LogP contribution < -0.4 is 9.47 Å². The van der Waals surface area contributed by atoms with E-state index in [2.05, 4.69) is 29.9 Å². The largest absolute Gasteiger partial charge is 0.496 e. The lowest BCUT2D eigenvalue weighted by atomic mass is 10.0. The van der Waals surface area contributed by atoms with Crippen LogP contribution in [0.4, 0.5) is 0 Å². The molecule has 1 aromatic carbocycles. The van der Waals surface area contributed by atoms with E-state index in [9.17, 15) is 0 Å². The van der Waals surface area contributed by atoms with Crippen molar-refractivity contribution in [2.75, 3.05) is 14.2 Å². The van der Waals surface area contributed by atoms with E-state index in [4.69, 9.17) is 9.47 Å². The summed E-state index contributed by atoms with van der Waals surface area (Å²) in [6, 6.07) is 6.40. The average molecular weight is 258 g/mol. The van der Waals surface area contributed by atoms with E-state index >= 15 is 0 Å². The van der Waals surface area contributed by atoms with E-state index in [1.54, 1.807) is 14.2 Å². The molecular formula is C15H18N2O2. The summed E-state index contributed by atoms with van der Waals surface area (Å²) in [6.07, 6.45) is 0. The number of rotatable bonds is 3. The molecule has 0 N–H and O–H groups in total. The summed E-state index contributed by atoms with van der Waals surface area (Å²) >= 11 is 0. The third-order valence-corrected chi connectivity index (χ3v) is 3.11. The van der Waals surface area contributed by atoms with Gasteiger partial charge in [-0.25, -0.2) is 4.98 Å². The monoisotopic (exact) mass is 258 g/mol. The molecule has 0 aliphatic carbocycles. The standard InChI is InChI=1S/C15H18N2O2/c1-9-6-12(14(18-4)7-10(9)2)13-8-11(3)16-15(17-13)19-5/h6-8H,1-5H3. The fourth-order valence-electron chi connectivity index (χ4n) is 1.93. The fraction of sp³-hybridized carbons (Fsp3) is 0.333. The molecule has 0 saturated heterocycles. The molecule has 19 heavy (non-hydrogen) atoms. The zero-order valence-corrected chi connectivity index (χ0v) is 11.9. The SMILES string of the molecule is COc1nc(C)cc(-c2cc(C)c(C)cc2OC)n1. The van der Waals surface area contributed by atoms with E-state index in [1.807, 2.05) is 19.1 Å². The smallest absolute Gasteiger partial charge is 0.316 e. The fourth-order valence-corrected chi connectivity index (χ4v) is 1.93. The Morgan fingerprint density at radius 3 is 2.16 bits per heavy atom. The first kappa shape index (κ1) is 13.3. The van der Waals surface area contributed by atoms with Gasteiger partial charge in [-0.15, -0.1) is 0 Å². The van der Waals surface area contributed by atoms with Crippen LogP contribution >= 0.6 is 0 Å². The van der Waals surface area contributed by atoms with Crippen molar-refractivity contribution in [3.8, 4) is 23.0 Å². The Labute approximate surface area is 113 Å². The minimum atomic E-state index is 0.371. The minimum Gasteiger partial charge on any atom is -0.496 e. The van der Waals surface area contributed by atoms with Crippen LogP contribution in [0.3, 0.4) is 0 Å². The predicted molar refractivity (Wildman–Crippen MR) is 74.8 cm³/mol. The second kappa shape index (κ2) is 5.26. The van der Waals surface area contributed by atoms with E-state index in [0.29, 0.717) is 6.01 Å². The van der Waals surface area contributed by atoms with Crippen LogP contribution in [0.2, 0.25) is 0 Å². The Hall–Kier alpha value is -2.10. The number of hydrogen-bond acceptors (Lipinski definition) is 4. The van der Waals surface area contributed by atoms with E-state index in [0.717, 1.165) is 22.7 Å². The zero-order valence-electron chi connectivity index (χ0n) is 11.9. The maximum absolute atomic E-state index is 5.45. The van der Waals surface area contributed by atoms with Gasteiger partial charge in [-0.05, 0) is 50.1 Å². The molecule has 0 atom stereocenters. The van der Waals surface area contributed by atoms with Crippen LogP contribution in [0.5, 0.6) is 11.8 Å². The normalized spacial score (nSPS) is 10.4. The first-order valence-electron chi connectivity index (χ1n) is 6.10. The topological polar surface area (TPSA) is 44.2 Å². The van der Waals surface area contributed by atoms with Gasteiger partial charge in [0.05, 0.1) is 19.9 Å². The molecule has 0 spiro atoms. The molecule has 4 heteroatoms. The van der Waals surface area contributed by atoms with Crippen LogP contribution in [-0.4, -0.2) is 24.2 Å². The molecule has 0 unspecified atom stereocenters. The van der Waals surface area contributed by atoms with Crippen molar-refractivity contribution in [2.24, 2.45) is 0 Å². The van der Waals surface area contributed by atoms with Crippen molar-refractivity contribution in [1.82, 2.24) is 9.97 Å². The number of hydrogen-bond donors (Lipinski definition) is 0. The molecule has 0 fully saturated rings. The minimum absolute atomic E-state index is 0.371. The number of methoxy groups -OCH3 is 2. The van der Waals surface area contributed by atoms with Gasteiger partial charge in [0.15, 0.2) is 0 Å². The van der Waals surface area contributed by atoms with E-state index in [-0.39, 0.29) is 0 Å². The van der Waals surface area contributed by atoms with Crippen molar-refractivity contribution in [1.29, 1.82) is 0 Å². The zero-order chi connectivity index (χ0) is 14.0. The molecule has 0 amide bonds. The summed E-state index contributed by atoms with van der Waals surface area (Å²) in [5, 5.41) is 0. The highest BCUT2D eigenvalue weighted by atomic mass is 16.5. The summed E-state index contributed by atoms with van der Waals surface area (Å²) in [6.45, 7) is 6.05. The molecule has 1 aromatic heterocycles. The lowest BCUT2D eigenvalue weighted by Crippen LogP contribution is -1.98. The summed E-state index contributed by atoms with van der Waals surface area (Å²) in [7, 11) is 3.23. The second-order valence-electron chi connectivity index (χ2n) is 4.52. The Balaban J connectivity index is 2.63. The first-order valence-corrected chi connectivity index (χ1v) is 6.10. The third-order valence-electron chi connectivity index (χ3n) is 3.11. The van der Waals surface area contributed by atoms with E-state index in [1.165, 1.54) is 11.1 Å². The summed E-state index contributed by atoms with van der Waals surface area (Å²) in [5.74, 6) is 0.809. The summed E-state index contributed by atoms with van der Waals surface area (Å²) in [4.78, 5) is 8.59. The van der Waals surface area contributed by atoms with Crippen LogP contribution in [-0.2, 0) is 0 Å². The third kappa shape index (κ3) is 2.67. The van der Waals surface area contributed by atoms with Gasteiger partial charge in [-0.1, -0.05) is 0 Å². The first-order chi connectivity index (χ1) is 9.05. The van der Waals surface area contributed by atoms with Gasteiger partial charge in [-0.2, -0.15) is 4.98 Å². The van der Waals surface area contributed by atoms with Crippen molar-refractivity contribution in [2.45, 2.75) is 20.8 Å². The maximum atomic E-state index is 5.45. The summed E-state index contributed by atoms with van der Waals surface area (Å²) < 4.78 is 10.6. The number of benzene rings is 1. The van der Waals surface area contributed by atoms with Gasteiger partial charge in [-0.3, -0.25) is 0 Å². The van der Waals surface area contributed by atoms with Gasteiger partial charge in [0.2, 0.25) is 0 Å². The van der Waals surface area contributed by atoms with Gasteiger partial charge < -0.3 is 9.47 Å². The highest BCUT2D eigenvalue weighted by molar-refractivity contribution is 5.69. The molecule has 0 radical (unpaired) electrons. The molecule has 0 bridgehead atoms. The molecule has 2 rings (SSSR count). The number of nitrogens with zero attached hydrogens (tertiary/aromatic N) is 2. The Morgan fingerprint density at radius 1 is 0.842 bits per heavy atom. The van der Waals surface area contributed by atoms with Gasteiger partial charge >= 0.3 is 6.01 Å². The maximum Gasteiger partial charge on any atom is 0.316 e. The molecule has 0 aliphatic rings. The van der Waals surface area contributed by atoms with Crippen molar-refractivity contribution < 1.29 is 9.47 Å². The quantitative estimate of drug-likeness (QED) is 0.848. The van der Waals surface area contributed by atoms with Crippen LogP contribution in [0.1, 0.15) is 16.8 Å². The van der Waals surface area contributed by atoms with Gasteiger partial charge in [0, 0.05) is 11.3 Å². The van der Waals surface area contributed by atoms with Gasteiger partial charge in [0.1, 0.15) is 5.75 Å². The molecule has 0 aliphatic heterocycles. The highest BCUT2D eigenvalue weighted by Gasteiger charge is 2.12. The molecule has 2 aromatic rings. The molecule has 4 nitrogen and oxygen atoms in total. The van der Waals surface area contributed by atoms with Crippen molar-refractivity contribution in [3.63, 3.8) is 0 Å². The van der Waals surface area contributed by atoms with Crippen molar-refractivity contribution >= 4 is 0 Å². The molecule has 1 heterocycles. The predicted octanol–water partition coefficient (Wildman–Crippen LogP) is 3.09. The molecule has 100 valence electrons. The van der Waals surface area contributed by atoms with Crippen LogP contribution in [0.25, 0.3) is 11.3 Å². The number of aromatic nitrogens is 2. The average Bonchev–Trinajstić information content (AvgIpc) is 2.40. The Morgan fingerprint density at radius 2 is 1.53 bits per heavy atom. The van der Waals surface area contributed by atoms with Crippen molar-refractivity contribution in [3.05, 3.63) is 35.0 Å². The Kier molecular flexibility index (Phi) is 3.69.